The Kier molecular flexibility index (Phi) is 7.76. The second kappa shape index (κ2) is 11.2. The van der Waals surface area contributed by atoms with Crippen molar-refractivity contribution in [3.63, 3.8) is 0 Å². The van der Waals surface area contributed by atoms with Crippen molar-refractivity contribution in [3.8, 4) is 28.6 Å². The van der Waals surface area contributed by atoms with Crippen LogP contribution in [0.3, 0.4) is 0 Å². The molecule has 3 heterocycles. The highest BCUT2D eigenvalue weighted by molar-refractivity contribution is 5.79. The Hall–Kier alpha value is -3.63. The van der Waals surface area contributed by atoms with E-state index in [9.17, 15) is 19.8 Å². The summed E-state index contributed by atoms with van der Waals surface area (Å²) in [5.41, 5.74) is 8.33. The zero-order chi connectivity index (χ0) is 27.7. The number of aromatic amines is 1. The number of phenols is 2. The molecule has 0 bridgehead atoms. The standard InChI is InChI=1S/C29H38N6O4/c1-18(2)23-15-24(26(37)16-25(23)36)27-31-32-29(39)35(27)22-5-3-19(4-6-22)17-33-11-7-20(8-12-33)28(38)34-13-9-21(30)10-14-34/h3-6,15-16,18,20-21,36-37H,7-14,17,30H2,1-2H3,(H,32,39). The molecule has 0 unspecified atom stereocenters. The van der Waals surface area contributed by atoms with Crippen LogP contribution in [0.25, 0.3) is 17.1 Å². The van der Waals surface area contributed by atoms with Crippen LogP contribution in [0.2, 0.25) is 0 Å². The molecule has 0 spiro atoms. The summed E-state index contributed by atoms with van der Waals surface area (Å²) < 4.78 is 1.42. The Bertz CT molecular complexity index is 1360. The lowest BCUT2D eigenvalue weighted by atomic mass is 9.93. The van der Waals surface area contributed by atoms with Gasteiger partial charge in [-0.05, 0) is 74.0 Å². The van der Waals surface area contributed by atoms with Gasteiger partial charge in [0.25, 0.3) is 0 Å². The molecule has 10 nitrogen and oxygen atoms in total. The number of phenolic OH excluding ortho intramolecular Hbond substituents is 2. The third-order valence-corrected chi connectivity index (χ3v) is 8.07. The first kappa shape index (κ1) is 27.0. The zero-order valence-electron chi connectivity index (χ0n) is 22.6. The molecule has 5 rings (SSSR count). The first-order valence-electron chi connectivity index (χ1n) is 13.8. The molecule has 0 aliphatic carbocycles. The van der Waals surface area contributed by atoms with E-state index in [1.165, 1.54) is 10.6 Å². The molecule has 2 aromatic carbocycles. The van der Waals surface area contributed by atoms with E-state index in [1.807, 2.05) is 43.0 Å². The van der Waals surface area contributed by atoms with Gasteiger partial charge in [0.05, 0.1) is 11.3 Å². The van der Waals surface area contributed by atoms with E-state index in [-0.39, 0.29) is 41.1 Å². The molecular formula is C29H38N6O4. The fourth-order valence-corrected chi connectivity index (χ4v) is 5.68. The Morgan fingerprint density at radius 3 is 2.33 bits per heavy atom. The molecule has 2 aliphatic rings. The molecule has 5 N–H and O–H groups in total. The van der Waals surface area contributed by atoms with Crippen LogP contribution >= 0.6 is 0 Å². The van der Waals surface area contributed by atoms with Gasteiger partial charge in [-0.25, -0.2) is 14.5 Å². The Morgan fingerprint density at radius 1 is 1.03 bits per heavy atom. The molecule has 1 aromatic heterocycles. The molecular weight excluding hydrogens is 496 g/mol. The van der Waals surface area contributed by atoms with Crippen LogP contribution in [0.4, 0.5) is 0 Å². The highest BCUT2D eigenvalue weighted by Crippen LogP contribution is 2.37. The van der Waals surface area contributed by atoms with Gasteiger partial charge in [-0.3, -0.25) is 9.69 Å². The lowest BCUT2D eigenvalue weighted by Crippen LogP contribution is -2.47. The summed E-state index contributed by atoms with van der Waals surface area (Å²) in [6.07, 6.45) is 3.51. The average Bonchev–Trinajstić information content (AvgIpc) is 3.30. The lowest BCUT2D eigenvalue weighted by molar-refractivity contribution is -0.138. The third kappa shape index (κ3) is 5.72. The van der Waals surface area contributed by atoms with Crippen LogP contribution in [0, 0.1) is 5.92 Å². The molecule has 0 radical (unpaired) electrons. The largest absolute Gasteiger partial charge is 0.508 e. The maximum Gasteiger partial charge on any atom is 0.348 e. The van der Waals surface area contributed by atoms with Gasteiger partial charge in [0.1, 0.15) is 11.5 Å². The number of rotatable bonds is 6. The number of benzene rings is 2. The zero-order valence-corrected chi connectivity index (χ0v) is 22.6. The number of hydrogen-bond donors (Lipinski definition) is 4. The van der Waals surface area contributed by atoms with Gasteiger partial charge in [-0.1, -0.05) is 26.0 Å². The van der Waals surface area contributed by atoms with Gasteiger partial charge in [0.15, 0.2) is 5.82 Å². The summed E-state index contributed by atoms with van der Waals surface area (Å²) in [7, 11) is 0. The highest BCUT2D eigenvalue weighted by atomic mass is 16.3. The topological polar surface area (TPSA) is 141 Å². The van der Waals surface area contributed by atoms with Crippen molar-refractivity contribution >= 4 is 5.91 Å². The summed E-state index contributed by atoms with van der Waals surface area (Å²) >= 11 is 0. The number of nitrogens with one attached hydrogen (secondary N) is 1. The van der Waals surface area contributed by atoms with Crippen molar-refractivity contribution in [3.05, 3.63) is 58.0 Å². The summed E-state index contributed by atoms with van der Waals surface area (Å²) in [5, 5.41) is 27.4. The number of nitrogens with two attached hydrogens (primary N) is 1. The van der Waals surface area contributed by atoms with E-state index in [4.69, 9.17) is 5.73 Å². The van der Waals surface area contributed by atoms with E-state index in [1.54, 1.807) is 6.07 Å². The summed E-state index contributed by atoms with van der Waals surface area (Å²) in [5.74, 6) is 0.526. The number of hydrogen-bond acceptors (Lipinski definition) is 7. The summed E-state index contributed by atoms with van der Waals surface area (Å²) in [6, 6.07) is 10.9. The molecule has 0 saturated carbocycles. The quantitative estimate of drug-likeness (QED) is 0.381. The molecule has 2 aliphatic heterocycles. The Morgan fingerprint density at radius 2 is 1.69 bits per heavy atom. The number of nitrogens with zero attached hydrogens (tertiary/aromatic N) is 4. The van der Waals surface area contributed by atoms with Gasteiger partial charge >= 0.3 is 5.69 Å². The Labute approximate surface area is 228 Å². The van der Waals surface area contributed by atoms with Crippen molar-refractivity contribution in [1.82, 2.24) is 24.6 Å². The predicted molar refractivity (Wildman–Crippen MR) is 149 cm³/mol. The minimum Gasteiger partial charge on any atom is -0.508 e. The number of carbonyl (C=O) groups excluding carboxylic acids is 1. The smallest absolute Gasteiger partial charge is 0.348 e. The minimum absolute atomic E-state index is 0.00432. The minimum atomic E-state index is -0.418. The monoisotopic (exact) mass is 534 g/mol. The van der Waals surface area contributed by atoms with Crippen LogP contribution in [0.1, 0.15) is 56.6 Å². The van der Waals surface area contributed by atoms with E-state index < -0.39 is 5.69 Å². The highest BCUT2D eigenvalue weighted by Gasteiger charge is 2.30. The van der Waals surface area contributed by atoms with E-state index in [0.717, 1.165) is 64.0 Å². The van der Waals surface area contributed by atoms with Gasteiger partial charge in [-0.15, -0.1) is 0 Å². The van der Waals surface area contributed by atoms with Crippen molar-refractivity contribution in [2.24, 2.45) is 11.7 Å². The predicted octanol–water partition coefficient (Wildman–Crippen LogP) is 2.92. The van der Waals surface area contributed by atoms with Crippen LogP contribution < -0.4 is 11.4 Å². The Balaban J connectivity index is 1.25. The first-order valence-corrected chi connectivity index (χ1v) is 13.8. The van der Waals surface area contributed by atoms with E-state index in [0.29, 0.717) is 16.8 Å². The molecule has 208 valence electrons. The second-order valence-electron chi connectivity index (χ2n) is 11.2. The van der Waals surface area contributed by atoms with Crippen LogP contribution in [-0.2, 0) is 11.3 Å². The molecule has 2 fully saturated rings. The number of H-pyrrole nitrogens is 1. The maximum atomic E-state index is 12.9. The number of amides is 1. The first-order chi connectivity index (χ1) is 18.7. The van der Waals surface area contributed by atoms with Crippen LogP contribution in [-0.4, -0.2) is 72.9 Å². The third-order valence-electron chi connectivity index (χ3n) is 8.07. The normalized spacial score (nSPS) is 17.7. The number of carbonyl (C=O) groups is 1. The summed E-state index contributed by atoms with van der Waals surface area (Å²) in [4.78, 5) is 30.0. The van der Waals surface area contributed by atoms with Crippen molar-refractivity contribution in [2.45, 2.75) is 58.0 Å². The average molecular weight is 535 g/mol. The van der Waals surface area contributed by atoms with Gasteiger partial charge in [0.2, 0.25) is 5.91 Å². The number of likely N-dealkylation sites (tertiary alicyclic amines) is 2. The lowest BCUT2D eigenvalue weighted by Gasteiger charge is -2.36. The molecule has 0 atom stereocenters. The van der Waals surface area contributed by atoms with E-state index >= 15 is 0 Å². The van der Waals surface area contributed by atoms with Gasteiger partial charge in [0, 0.05) is 37.7 Å². The fourth-order valence-electron chi connectivity index (χ4n) is 5.68. The molecule has 10 heteroatoms. The fraction of sp³-hybridized carbons (Fsp3) is 0.483. The van der Waals surface area contributed by atoms with Crippen molar-refractivity contribution in [2.75, 3.05) is 26.2 Å². The SMILES string of the molecule is CC(C)c1cc(-c2n[nH]c(=O)n2-c2ccc(CN3CCC(C(=O)N4CCC(N)CC4)CC3)cc2)c(O)cc1O. The van der Waals surface area contributed by atoms with Crippen LogP contribution in [0.5, 0.6) is 11.5 Å². The van der Waals surface area contributed by atoms with Crippen molar-refractivity contribution < 1.29 is 15.0 Å². The van der Waals surface area contributed by atoms with E-state index in [2.05, 4.69) is 15.1 Å². The molecule has 39 heavy (non-hydrogen) atoms. The van der Waals surface area contributed by atoms with Crippen molar-refractivity contribution in [1.29, 1.82) is 0 Å². The number of aromatic hydroxyl groups is 2. The molecule has 2 saturated heterocycles. The van der Waals surface area contributed by atoms with Crippen LogP contribution in [0.15, 0.2) is 41.2 Å². The summed E-state index contributed by atoms with van der Waals surface area (Å²) in [6.45, 7) is 7.95. The second-order valence-corrected chi connectivity index (χ2v) is 11.2. The number of aromatic nitrogens is 3. The van der Waals surface area contributed by atoms with Gasteiger partial charge < -0.3 is 20.8 Å². The maximum absolute atomic E-state index is 12.9. The van der Waals surface area contributed by atoms with Gasteiger partial charge in [-0.2, -0.15) is 5.10 Å². The molecule has 3 aromatic rings. The molecule has 1 amide bonds. The number of piperidine rings is 2.